The normalized spacial score (nSPS) is 12.7. The van der Waals surface area contributed by atoms with Crippen LogP contribution in [0, 0.1) is 6.92 Å². The molecule has 0 saturated heterocycles. The Labute approximate surface area is 112 Å². The van der Waals surface area contributed by atoms with Crippen LogP contribution >= 0.6 is 7.82 Å². The molecule has 8 heteroatoms. The minimum Gasteiger partial charge on any atom is -0.302 e. The molecule has 0 saturated carbocycles. The maximum absolute atomic E-state index is 11.9. The fourth-order valence-corrected chi connectivity index (χ4v) is 4.22. The van der Waals surface area contributed by atoms with Crippen molar-refractivity contribution in [3.05, 3.63) is 28.8 Å². The molecule has 0 heterocycles. The molecule has 0 aliphatic heterocycles. The molecule has 1 rings (SSSR count). The van der Waals surface area contributed by atoms with E-state index in [1.807, 2.05) is 13.8 Å². The highest BCUT2D eigenvalue weighted by Gasteiger charge is 2.30. The summed E-state index contributed by atoms with van der Waals surface area (Å²) in [5.74, 6) is 0. The number of benzene rings is 1. The quantitative estimate of drug-likeness (QED) is 0.806. The van der Waals surface area contributed by atoms with E-state index >= 15 is 0 Å². The van der Waals surface area contributed by atoms with Crippen molar-refractivity contribution in [3.63, 3.8) is 0 Å². The van der Waals surface area contributed by atoms with Gasteiger partial charge in [0, 0.05) is 0 Å². The van der Waals surface area contributed by atoms with Gasteiger partial charge in [-0.15, -0.1) is 0 Å². The molecule has 0 atom stereocenters. The first-order valence-corrected chi connectivity index (χ1v) is 8.69. The lowest BCUT2D eigenvalue weighted by Crippen LogP contribution is -2.10. The van der Waals surface area contributed by atoms with Gasteiger partial charge >= 0.3 is 17.9 Å². The smallest absolute Gasteiger partial charge is 0.302 e. The van der Waals surface area contributed by atoms with Gasteiger partial charge in [0.1, 0.15) is 0 Å². The Morgan fingerprint density at radius 3 is 2.11 bits per heavy atom. The highest BCUT2D eigenvalue weighted by atomic mass is 32.2. The Bertz CT molecular complexity index is 616. The molecular formula is C11H17O6PS. The van der Waals surface area contributed by atoms with Gasteiger partial charge in [0.05, 0.1) is 4.90 Å². The van der Waals surface area contributed by atoms with E-state index in [0.717, 1.165) is 11.1 Å². The molecule has 0 bridgehead atoms. The average molecular weight is 308 g/mol. The summed E-state index contributed by atoms with van der Waals surface area (Å²) >= 11 is 0. The fourth-order valence-electron chi connectivity index (χ4n) is 2.07. The van der Waals surface area contributed by atoms with Crippen molar-refractivity contribution >= 4 is 17.9 Å². The summed E-state index contributed by atoms with van der Waals surface area (Å²) in [6.07, 6.45) is 1.07. The number of hydrogen-bond acceptors (Lipinski definition) is 4. The second-order valence-corrected chi connectivity index (χ2v) is 6.99. The molecule has 0 unspecified atom stereocenters. The molecular weight excluding hydrogens is 291 g/mol. The van der Waals surface area contributed by atoms with Crippen LogP contribution in [0.15, 0.2) is 17.0 Å². The van der Waals surface area contributed by atoms with Crippen LogP contribution in [0.25, 0.3) is 0 Å². The molecule has 0 aliphatic rings. The van der Waals surface area contributed by atoms with Gasteiger partial charge in [-0.25, -0.2) is 4.57 Å². The standard InChI is InChI=1S/C11H17O6PS/c1-4-9-8(3)6-7-11(10(9)5-2)19(15,16)17-18(12,13)14/h6-7H,4-5H2,1-3H3,(H2,12,13,14). The zero-order valence-corrected chi connectivity index (χ0v) is 12.7. The van der Waals surface area contributed by atoms with Gasteiger partial charge in [0.15, 0.2) is 0 Å². The van der Waals surface area contributed by atoms with Gasteiger partial charge in [-0.05, 0) is 42.5 Å². The van der Waals surface area contributed by atoms with Crippen molar-refractivity contribution in [2.75, 3.05) is 0 Å². The molecule has 19 heavy (non-hydrogen) atoms. The first kappa shape index (κ1) is 16.3. The summed E-state index contributed by atoms with van der Waals surface area (Å²) in [6.45, 7) is 5.53. The van der Waals surface area contributed by atoms with Gasteiger partial charge in [0.2, 0.25) is 0 Å². The van der Waals surface area contributed by atoms with E-state index in [1.165, 1.54) is 6.07 Å². The minimum atomic E-state index is -5.11. The molecule has 0 aliphatic carbocycles. The van der Waals surface area contributed by atoms with Crippen molar-refractivity contribution in [1.82, 2.24) is 0 Å². The third-order valence-electron chi connectivity index (χ3n) is 2.79. The predicted octanol–water partition coefficient (Wildman–Crippen LogP) is 1.92. The van der Waals surface area contributed by atoms with Crippen LogP contribution in [-0.4, -0.2) is 18.2 Å². The lowest BCUT2D eigenvalue weighted by molar-refractivity contribution is 0.285. The summed E-state index contributed by atoms with van der Waals surface area (Å²) in [5.41, 5.74) is 2.34. The molecule has 0 spiro atoms. The van der Waals surface area contributed by atoms with Crippen LogP contribution in [0.3, 0.4) is 0 Å². The van der Waals surface area contributed by atoms with Crippen molar-refractivity contribution in [2.45, 2.75) is 38.5 Å². The van der Waals surface area contributed by atoms with E-state index in [2.05, 4.69) is 3.97 Å². The Kier molecular flexibility index (Phi) is 4.92. The van der Waals surface area contributed by atoms with Crippen LogP contribution in [0.1, 0.15) is 30.5 Å². The third kappa shape index (κ3) is 3.87. The molecule has 6 nitrogen and oxygen atoms in total. The maximum Gasteiger partial charge on any atom is 0.484 e. The fraction of sp³-hybridized carbons (Fsp3) is 0.455. The lowest BCUT2D eigenvalue weighted by Gasteiger charge is -2.15. The Balaban J connectivity index is 3.48. The van der Waals surface area contributed by atoms with Gasteiger partial charge < -0.3 is 9.79 Å². The van der Waals surface area contributed by atoms with E-state index in [9.17, 15) is 13.0 Å². The summed E-state index contributed by atoms with van der Waals surface area (Å²) in [4.78, 5) is 17.2. The number of rotatable bonds is 5. The molecule has 2 N–H and O–H groups in total. The van der Waals surface area contributed by atoms with Crippen LogP contribution in [-0.2, 0) is 31.5 Å². The molecule has 108 valence electrons. The molecule has 0 amide bonds. The van der Waals surface area contributed by atoms with E-state index in [-0.39, 0.29) is 4.90 Å². The van der Waals surface area contributed by atoms with Crippen LogP contribution in [0.2, 0.25) is 0 Å². The number of hydrogen-bond donors (Lipinski definition) is 2. The molecule has 0 radical (unpaired) electrons. The van der Waals surface area contributed by atoms with E-state index < -0.39 is 17.9 Å². The summed E-state index contributed by atoms with van der Waals surface area (Å²) in [7, 11) is -9.58. The van der Waals surface area contributed by atoms with Crippen LogP contribution < -0.4 is 0 Å². The third-order valence-corrected chi connectivity index (χ3v) is 5.28. The topological polar surface area (TPSA) is 101 Å². The lowest BCUT2D eigenvalue weighted by atomic mass is 9.98. The highest BCUT2D eigenvalue weighted by molar-refractivity contribution is 7.90. The van der Waals surface area contributed by atoms with Crippen molar-refractivity contribution < 1.29 is 26.7 Å². The Hall–Kier alpha value is -0.720. The maximum atomic E-state index is 11.9. The van der Waals surface area contributed by atoms with Crippen LogP contribution in [0.4, 0.5) is 0 Å². The summed E-state index contributed by atoms with van der Waals surface area (Å²) in [5, 5.41) is 0. The molecule has 1 aromatic rings. The molecule has 0 aromatic heterocycles. The van der Waals surface area contributed by atoms with Crippen molar-refractivity contribution in [3.8, 4) is 0 Å². The second-order valence-electron chi connectivity index (χ2n) is 4.06. The summed E-state index contributed by atoms with van der Waals surface area (Å²) in [6, 6.07) is 2.92. The zero-order chi connectivity index (χ0) is 14.8. The first-order chi connectivity index (χ1) is 8.62. The summed E-state index contributed by atoms with van der Waals surface area (Å²) < 4.78 is 38.5. The van der Waals surface area contributed by atoms with Gasteiger partial charge in [-0.2, -0.15) is 12.4 Å². The number of aryl methyl sites for hydroxylation is 1. The number of phosphoric acid groups is 1. The Morgan fingerprint density at radius 1 is 1.16 bits per heavy atom. The molecule has 0 fully saturated rings. The van der Waals surface area contributed by atoms with Gasteiger partial charge in [-0.1, -0.05) is 19.9 Å². The predicted molar refractivity (Wildman–Crippen MR) is 70.2 cm³/mol. The van der Waals surface area contributed by atoms with Gasteiger partial charge in [0.25, 0.3) is 0 Å². The van der Waals surface area contributed by atoms with E-state index in [1.54, 1.807) is 13.0 Å². The monoisotopic (exact) mass is 308 g/mol. The Morgan fingerprint density at radius 2 is 1.68 bits per heavy atom. The molecule has 1 aromatic carbocycles. The minimum absolute atomic E-state index is 0.180. The first-order valence-electron chi connectivity index (χ1n) is 5.75. The SMILES string of the molecule is CCc1c(C)ccc(S(=O)(=O)OP(=O)(O)O)c1CC. The highest BCUT2D eigenvalue weighted by Crippen LogP contribution is 2.41. The average Bonchev–Trinajstić information content (AvgIpc) is 2.24. The van der Waals surface area contributed by atoms with Gasteiger partial charge in [-0.3, -0.25) is 0 Å². The van der Waals surface area contributed by atoms with E-state index in [4.69, 9.17) is 9.79 Å². The van der Waals surface area contributed by atoms with E-state index in [0.29, 0.717) is 18.4 Å². The second kappa shape index (κ2) is 5.73. The van der Waals surface area contributed by atoms with Crippen molar-refractivity contribution in [1.29, 1.82) is 0 Å². The van der Waals surface area contributed by atoms with Crippen molar-refractivity contribution in [2.24, 2.45) is 0 Å². The van der Waals surface area contributed by atoms with Crippen LogP contribution in [0.5, 0.6) is 0 Å². The zero-order valence-electron chi connectivity index (χ0n) is 11.0. The largest absolute Gasteiger partial charge is 0.484 e.